The summed E-state index contributed by atoms with van der Waals surface area (Å²) in [6, 6.07) is 7.89. The molecule has 1 aromatic carbocycles. The van der Waals surface area contributed by atoms with Crippen molar-refractivity contribution in [2.75, 3.05) is 5.75 Å². The van der Waals surface area contributed by atoms with Crippen molar-refractivity contribution in [2.45, 2.75) is 13.5 Å². The number of para-hydroxylation sites is 1. The van der Waals surface area contributed by atoms with Crippen LogP contribution in [0.3, 0.4) is 0 Å². The fraction of sp³-hybridized carbons (Fsp3) is 0.214. The van der Waals surface area contributed by atoms with E-state index in [4.69, 9.17) is 0 Å². The van der Waals surface area contributed by atoms with Gasteiger partial charge in [-0.15, -0.1) is 6.58 Å². The zero-order chi connectivity index (χ0) is 14.5. The van der Waals surface area contributed by atoms with Crippen LogP contribution in [0, 0.1) is 0 Å². The Morgan fingerprint density at radius 3 is 2.90 bits per heavy atom. The number of benzene rings is 1. The highest BCUT2D eigenvalue weighted by Gasteiger charge is 2.07. The van der Waals surface area contributed by atoms with Crippen LogP contribution in [0.15, 0.2) is 41.9 Å². The number of carbonyl (C=O) groups excluding carboxylic acids is 2. The highest BCUT2D eigenvalue weighted by atomic mass is 32.2. The highest BCUT2D eigenvalue weighted by molar-refractivity contribution is 8.14. The summed E-state index contributed by atoms with van der Waals surface area (Å²) in [6.07, 6.45) is 1.77. The van der Waals surface area contributed by atoms with Crippen molar-refractivity contribution in [3.05, 3.63) is 41.7 Å². The average molecular weight is 306 g/mol. The van der Waals surface area contributed by atoms with E-state index in [9.17, 15) is 9.59 Å². The normalized spacial score (nSPS) is 11.8. The van der Waals surface area contributed by atoms with Gasteiger partial charge in [-0.3, -0.25) is 9.59 Å². The first kappa shape index (κ1) is 14.7. The number of rotatable bonds is 4. The summed E-state index contributed by atoms with van der Waals surface area (Å²) in [6.45, 7) is 5.76. The molecule has 0 bridgehead atoms. The number of hydrogen-bond acceptors (Lipinski definition) is 4. The molecule has 0 aliphatic heterocycles. The van der Waals surface area contributed by atoms with Crippen molar-refractivity contribution in [3.63, 3.8) is 0 Å². The van der Waals surface area contributed by atoms with E-state index in [1.54, 1.807) is 6.08 Å². The maximum atomic E-state index is 11.8. The van der Waals surface area contributed by atoms with Gasteiger partial charge in [0.15, 0.2) is 9.92 Å². The molecular weight excluding hydrogens is 292 g/mol. The summed E-state index contributed by atoms with van der Waals surface area (Å²) in [4.78, 5) is 27.4. The molecule has 0 fully saturated rings. The number of amides is 1. The van der Waals surface area contributed by atoms with Crippen molar-refractivity contribution in [2.24, 2.45) is 4.99 Å². The predicted octanol–water partition coefficient (Wildman–Crippen LogP) is 2.60. The molecule has 104 valence electrons. The van der Waals surface area contributed by atoms with E-state index in [0.29, 0.717) is 11.3 Å². The number of nitrogens with zero attached hydrogens (tertiary/aromatic N) is 2. The van der Waals surface area contributed by atoms with Gasteiger partial charge in [0.2, 0.25) is 0 Å². The average Bonchev–Trinajstić information content (AvgIpc) is 2.75. The first-order valence-electron chi connectivity index (χ1n) is 6.02. The van der Waals surface area contributed by atoms with Crippen molar-refractivity contribution < 1.29 is 9.59 Å². The molecule has 2 aromatic rings. The van der Waals surface area contributed by atoms with Crippen molar-refractivity contribution in [1.82, 2.24) is 4.57 Å². The largest absolute Gasteiger partial charge is 0.313 e. The standard InChI is InChI=1S/C14H14N2O2S2/c1-3-8-16-11-6-4-5-7-12(11)20-14(16)15-13(18)9-19-10(2)17/h3-7H,1,8-9H2,2H3. The van der Waals surface area contributed by atoms with Crippen LogP contribution in [0.5, 0.6) is 0 Å². The minimum absolute atomic E-state index is 0.0798. The number of fused-ring (bicyclic) bond motifs is 1. The van der Waals surface area contributed by atoms with Crippen LogP contribution in [-0.2, 0) is 16.1 Å². The SMILES string of the molecule is C=CCn1c(=NC(=O)CSC(C)=O)sc2ccccc21. The molecule has 1 aromatic heterocycles. The monoisotopic (exact) mass is 306 g/mol. The third-order valence-corrected chi connectivity index (χ3v) is 4.38. The molecule has 0 N–H and O–H groups in total. The van der Waals surface area contributed by atoms with Crippen LogP contribution in [-0.4, -0.2) is 21.3 Å². The predicted molar refractivity (Wildman–Crippen MR) is 83.7 cm³/mol. The number of carbonyl (C=O) groups is 2. The number of thioether (sulfide) groups is 1. The molecule has 1 heterocycles. The van der Waals surface area contributed by atoms with E-state index in [2.05, 4.69) is 11.6 Å². The Hall–Kier alpha value is -1.66. The van der Waals surface area contributed by atoms with Crippen LogP contribution in [0.4, 0.5) is 0 Å². The summed E-state index contributed by atoms with van der Waals surface area (Å²) in [7, 11) is 0. The Morgan fingerprint density at radius 2 is 2.20 bits per heavy atom. The topological polar surface area (TPSA) is 51.4 Å². The van der Waals surface area contributed by atoms with Crippen molar-refractivity contribution >= 4 is 44.3 Å². The Bertz CT molecular complexity index is 728. The summed E-state index contributed by atoms with van der Waals surface area (Å²) in [5, 5.41) is -0.0798. The van der Waals surface area contributed by atoms with Gasteiger partial charge in [-0.1, -0.05) is 41.3 Å². The Balaban J connectivity index is 2.41. The quantitative estimate of drug-likeness (QED) is 0.816. The molecule has 2 rings (SSSR count). The van der Waals surface area contributed by atoms with Gasteiger partial charge in [0.1, 0.15) is 0 Å². The van der Waals surface area contributed by atoms with E-state index < -0.39 is 0 Å². The molecule has 0 aliphatic carbocycles. The number of allylic oxidation sites excluding steroid dienone is 1. The lowest BCUT2D eigenvalue weighted by Crippen LogP contribution is -2.17. The van der Waals surface area contributed by atoms with Crippen LogP contribution in [0.25, 0.3) is 10.2 Å². The lowest BCUT2D eigenvalue weighted by Gasteiger charge is -2.00. The van der Waals surface area contributed by atoms with Crippen LogP contribution in [0.1, 0.15) is 6.92 Å². The molecule has 0 unspecified atom stereocenters. The smallest absolute Gasteiger partial charge is 0.258 e. The molecule has 0 saturated carbocycles. The minimum atomic E-state index is -0.297. The van der Waals surface area contributed by atoms with Gasteiger partial charge in [0.25, 0.3) is 5.91 Å². The molecule has 0 radical (unpaired) electrons. The third kappa shape index (κ3) is 3.46. The fourth-order valence-electron chi connectivity index (χ4n) is 1.71. The number of thiazole rings is 1. The molecule has 0 spiro atoms. The van der Waals surface area contributed by atoms with Crippen molar-refractivity contribution in [3.8, 4) is 0 Å². The Labute approximate surface area is 124 Å². The molecule has 20 heavy (non-hydrogen) atoms. The van der Waals surface area contributed by atoms with E-state index >= 15 is 0 Å². The first-order valence-corrected chi connectivity index (χ1v) is 7.82. The second-order valence-corrected chi connectivity index (χ2v) is 6.20. The molecule has 0 saturated heterocycles. The number of aromatic nitrogens is 1. The van der Waals surface area contributed by atoms with Crippen LogP contribution < -0.4 is 4.80 Å². The maximum absolute atomic E-state index is 11.8. The summed E-state index contributed by atoms with van der Waals surface area (Å²) >= 11 is 2.44. The molecule has 0 aliphatic rings. The Kier molecular flexibility index (Phi) is 4.92. The molecule has 4 nitrogen and oxygen atoms in total. The van der Waals surface area contributed by atoms with Crippen LogP contribution >= 0.6 is 23.1 Å². The lowest BCUT2D eigenvalue weighted by molar-refractivity contribution is -0.116. The van der Waals surface area contributed by atoms with E-state index in [0.717, 1.165) is 22.0 Å². The highest BCUT2D eigenvalue weighted by Crippen LogP contribution is 2.16. The van der Waals surface area contributed by atoms with E-state index in [1.807, 2.05) is 28.8 Å². The third-order valence-electron chi connectivity index (χ3n) is 2.52. The van der Waals surface area contributed by atoms with Gasteiger partial charge in [0.05, 0.1) is 16.0 Å². The first-order chi connectivity index (χ1) is 9.61. The zero-order valence-electron chi connectivity index (χ0n) is 11.0. The van der Waals surface area contributed by atoms with Gasteiger partial charge in [-0.2, -0.15) is 4.99 Å². The maximum Gasteiger partial charge on any atom is 0.258 e. The van der Waals surface area contributed by atoms with Gasteiger partial charge in [-0.25, -0.2) is 0 Å². The Morgan fingerprint density at radius 1 is 1.45 bits per heavy atom. The van der Waals surface area contributed by atoms with Gasteiger partial charge in [-0.05, 0) is 12.1 Å². The van der Waals surface area contributed by atoms with E-state index in [1.165, 1.54) is 18.3 Å². The summed E-state index contributed by atoms with van der Waals surface area (Å²) < 4.78 is 3.02. The van der Waals surface area contributed by atoms with Gasteiger partial charge < -0.3 is 4.57 Å². The number of hydrogen-bond donors (Lipinski definition) is 0. The molecule has 1 amide bonds. The molecular formula is C14H14N2O2S2. The van der Waals surface area contributed by atoms with E-state index in [-0.39, 0.29) is 16.8 Å². The second-order valence-electron chi connectivity index (χ2n) is 4.04. The summed E-state index contributed by atoms with van der Waals surface area (Å²) in [5.74, 6) is -0.216. The summed E-state index contributed by atoms with van der Waals surface area (Å²) in [5.41, 5.74) is 1.03. The minimum Gasteiger partial charge on any atom is -0.313 e. The van der Waals surface area contributed by atoms with Gasteiger partial charge >= 0.3 is 0 Å². The molecule has 0 atom stereocenters. The van der Waals surface area contributed by atoms with Gasteiger partial charge in [0, 0.05) is 13.5 Å². The zero-order valence-corrected chi connectivity index (χ0v) is 12.7. The lowest BCUT2D eigenvalue weighted by atomic mass is 10.3. The second kappa shape index (κ2) is 6.67. The van der Waals surface area contributed by atoms with Crippen LogP contribution in [0.2, 0.25) is 0 Å². The fourth-order valence-corrected chi connectivity index (χ4v) is 3.16. The van der Waals surface area contributed by atoms with Crippen molar-refractivity contribution in [1.29, 1.82) is 0 Å². The molecule has 6 heteroatoms.